The second-order valence-electron chi connectivity index (χ2n) is 3.50. The van der Waals surface area contributed by atoms with Crippen LogP contribution in [0.5, 0.6) is 0 Å². The molecular formula is C8H16N2S. The van der Waals surface area contributed by atoms with Gasteiger partial charge < -0.3 is 10.6 Å². The number of piperazine rings is 1. The SMILES string of the molecule is C1CNC2(CCSCC2)CN1. The minimum atomic E-state index is 0.476. The Morgan fingerprint density at radius 2 is 1.91 bits per heavy atom. The van der Waals surface area contributed by atoms with Crippen LogP contribution in [-0.2, 0) is 0 Å². The summed E-state index contributed by atoms with van der Waals surface area (Å²) < 4.78 is 0. The Hall–Kier alpha value is 0.270. The molecule has 1 spiro atoms. The van der Waals surface area contributed by atoms with E-state index in [1.165, 1.54) is 30.9 Å². The molecule has 11 heavy (non-hydrogen) atoms. The fourth-order valence-corrected chi connectivity index (χ4v) is 3.20. The standard InChI is InChI=1S/C8H16N2S/c1-5-11-6-2-8(1)7-9-3-4-10-8/h9-10H,1-7H2. The summed E-state index contributed by atoms with van der Waals surface area (Å²) in [4.78, 5) is 0. The average Bonchev–Trinajstić information content (AvgIpc) is 2.07. The van der Waals surface area contributed by atoms with Crippen LogP contribution in [0, 0.1) is 0 Å². The van der Waals surface area contributed by atoms with Crippen molar-refractivity contribution in [1.29, 1.82) is 0 Å². The molecule has 0 saturated carbocycles. The van der Waals surface area contributed by atoms with Crippen molar-refractivity contribution < 1.29 is 0 Å². The minimum Gasteiger partial charge on any atom is -0.314 e. The van der Waals surface area contributed by atoms with Crippen LogP contribution in [0.2, 0.25) is 0 Å². The number of thioether (sulfide) groups is 1. The Kier molecular flexibility index (Phi) is 2.39. The fourth-order valence-electron chi connectivity index (χ4n) is 1.92. The molecule has 0 aromatic carbocycles. The van der Waals surface area contributed by atoms with E-state index in [1.807, 2.05) is 0 Å². The number of hydrogen-bond acceptors (Lipinski definition) is 3. The third-order valence-corrected chi connectivity index (χ3v) is 3.70. The largest absolute Gasteiger partial charge is 0.314 e. The summed E-state index contributed by atoms with van der Waals surface area (Å²) in [6, 6.07) is 0. The first-order chi connectivity index (χ1) is 5.41. The molecule has 2 heterocycles. The molecule has 0 aliphatic carbocycles. The summed E-state index contributed by atoms with van der Waals surface area (Å²) in [7, 11) is 0. The van der Waals surface area contributed by atoms with Crippen molar-refractivity contribution in [2.24, 2.45) is 0 Å². The van der Waals surface area contributed by atoms with E-state index >= 15 is 0 Å². The highest BCUT2D eigenvalue weighted by molar-refractivity contribution is 7.99. The van der Waals surface area contributed by atoms with E-state index in [0.717, 1.165) is 13.1 Å². The summed E-state index contributed by atoms with van der Waals surface area (Å²) in [6.45, 7) is 3.49. The lowest BCUT2D eigenvalue weighted by Crippen LogP contribution is -2.60. The zero-order chi connectivity index (χ0) is 7.57. The van der Waals surface area contributed by atoms with E-state index in [2.05, 4.69) is 22.4 Å². The molecular weight excluding hydrogens is 156 g/mol. The van der Waals surface area contributed by atoms with Crippen molar-refractivity contribution >= 4 is 11.8 Å². The first-order valence-corrected chi connectivity index (χ1v) is 5.60. The highest BCUT2D eigenvalue weighted by Crippen LogP contribution is 2.27. The topological polar surface area (TPSA) is 24.1 Å². The van der Waals surface area contributed by atoms with Crippen molar-refractivity contribution in [3.05, 3.63) is 0 Å². The maximum atomic E-state index is 3.66. The fraction of sp³-hybridized carbons (Fsp3) is 1.00. The van der Waals surface area contributed by atoms with Crippen LogP contribution < -0.4 is 10.6 Å². The van der Waals surface area contributed by atoms with E-state index in [9.17, 15) is 0 Å². The average molecular weight is 172 g/mol. The van der Waals surface area contributed by atoms with Gasteiger partial charge in [0, 0.05) is 25.2 Å². The summed E-state index contributed by atoms with van der Waals surface area (Å²) >= 11 is 2.09. The summed E-state index contributed by atoms with van der Waals surface area (Å²) in [5.74, 6) is 2.68. The lowest BCUT2D eigenvalue weighted by Gasteiger charge is -2.41. The predicted molar refractivity (Wildman–Crippen MR) is 50.2 cm³/mol. The zero-order valence-corrected chi connectivity index (χ0v) is 7.67. The summed E-state index contributed by atoms with van der Waals surface area (Å²) in [5.41, 5.74) is 0.476. The summed E-state index contributed by atoms with van der Waals surface area (Å²) in [6.07, 6.45) is 2.70. The molecule has 2 saturated heterocycles. The van der Waals surface area contributed by atoms with Gasteiger partial charge in [-0.05, 0) is 24.3 Å². The monoisotopic (exact) mass is 172 g/mol. The van der Waals surface area contributed by atoms with E-state index in [1.54, 1.807) is 0 Å². The van der Waals surface area contributed by atoms with E-state index in [-0.39, 0.29) is 0 Å². The Morgan fingerprint density at radius 3 is 2.55 bits per heavy atom. The van der Waals surface area contributed by atoms with Crippen LogP contribution in [0.3, 0.4) is 0 Å². The molecule has 0 radical (unpaired) electrons. The first-order valence-electron chi connectivity index (χ1n) is 4.45. The van der Waals surface area contributed by atoms with Crippen LogP contribution in [0.4, 0.5) is 0 Å². The minimum absolute atomic E-state index is 0.476. The lowest BCUT2D eigenvalue weighted by atomic mass is 9.91. The summed E-state index contributed by atoms with van der Waals surface area (Å²) in [5, 5.41) is 7.13. The molecule has 0 unspecified atom stereocenters. The van der Waals surface area contributed by atoms with E-state index in [0.29, 0.717) is 5.54 Å². The molecule has 2 rings (SSSR count). The molecule has 0 bridgehead atoms. The molecule has 0 atom stereocenters. The lowest BCUT2D eigenvalue weighted by molar-refractivity contribution is 0.254. The van der Waals surface area contributed by atoms with E-state index in [4.69, 9.17) is 0 Å². The van der Waals surface area contributed by atoms with Gasteiger partial charge in [0.05, 0.1) is 0 Å². The molecule has 2 N–H and O–H groups in total. The zero-order valence-electron chi connectivity index (χ0n) is 6.86. The van der Waals surface area contributed by atoms with Crippen LogP contribution in [0.25, 0.3) is 0 Å². The Labute approximate surface area is 72.5 Å². The van der Waals surface area contributed by atoms with Crippen LogP contribution in [-0.4, -0.2) is 36.7 Å². The van der Waals surface area contributed by atoms with Crippen molar-refractivity contribution in [2.45, 2.75) is 18.4 Å². The van der Waals surface area contributed by atoms with Gasteiger partial charge in [-0.15, -0.1) is 0 Å². The van der Waals surface area contributed by atoms with Crippen LogP contribution >= 0.6 is 11.8 Å². The van der Waals surface area contributed by atoms with Gasteiger partial charge in [-0.2, -0.15) is 11.8 Å². The maximum absolute atomic E-state index is 3.66. The van der Waals surface area contributed by atoms with Gasteiger partial charge in [0.1, 0.15) is 0 Å². The van der Waals surface area contributed by atoms with Crippen molar-refractivity contribution in [2.75, 3.05) is 31.1 Å². The molecule has 2 nitrogen and oxygen atoms in total. The van der Waals surface area contributed by atoms with Crippen molar-refractivity contribution in [3.8, 4) is 0 Å². The molecule has 0 amide bonds. The highest BCUT2D eigenvalue weighted by atomic mass is 32.2. The van der Waals surface area contributed by atoms with Crippen molar-refractivity contribution in [1.82, 2.24) is 10.6 Å². The van der Waals surface area contributed by atoms with Gasteiger partial charge in [-0.3, -0.25) is 0 Å². The molecule has 0 aromatic heterocycles. The second kappa shape index (κ2) is 3.33. The van der Waals surface area contributed by atoms with Gasteiger partial charge in [-0.1, -0.05) is 0 Å². The molecule has 0 aromatic rings. The normalized spacial score (nSPS) is 30.5. The van der Waals surface area contributed by atoms with Gasteiger partial charge in [0.15, 0.2) is 0 Å². The molecule has 64 valence electrons. The highest BCUT2D eigenvalue weighted by Gasteiger charge is 2.32. The van der Waals surface area contributed by atoms with Crippen LogP contribution in [0.1, 0.15) is 12.8 Å². The van der Waals surface area contributed by atoms with E-state index < -0.39 is 0 Å². The molecule has 3 heteroatoms. The Morgan fingerprint density at radius 1 is 1.09 bits per heavy atom. The predicted octanol–water partition coefficient (Wildman–Crippen LogP) is 0.445. The van der Waals surface area contributed by atoms with Gasteiger partial charge in [0.2, 0.25) is 0 Å². The molecule has 2 aliphatic heterocycles. The third kappa shape index (κ3) is 1.71. The van der Waals surface area contributed by atoms with Gasteiger partial charge in [-0.25, -0.2) is 0 Å². The number of nitrogens with one attached hydrogen (secondary N) is 2. The molecule has 2 aliphatic rings. The smallest absolute Gasteiger partial charge is 0.0322 e. The Bertz CT molecular complexity index is 107. The van der Waals surface area contributed by atoms with Crippen LogP contribution in [0.15, 0.2) is 0 Å². The van der Waals surface area contributed by atoms with Crippen molar-refractivity contribution in [3.63, 3.8) is 0 Å². The molecule has 2 fully saturated rings. The third-order valence-electron chi connectivity index (χ3n) is 2.72. The number of hydrogen-bond donors (Lipinski definition) is 2. The maximum Gasteiger partial charge on any atom is 0.0322 e. The van der Waals surface area contributed by atoms with Gasteiger partial charge >= 0.3 is 0 Å². The Balaban J connectivity index is 1.94. The number of rotatable bonds is 0. The first kappa shape index (κ1) is 7.90. The van der Waals surface area contributed by atoms with Gasteiger partial charge in [0.25, 0.3) is 0 Å². The second-order valence-corrected chi connectivity index (χ2v) is 4.72. The quantitative estimate of drug-likeness (QED) is 0.554.